The van der Waals surface area contributed by atoms with Crippen LogP contribution in [-0.4, -0.2) is 41.4 Å². The van der Waals surface area contributed by atoms with Crippen LogP contribution in [0.25, 0.3) is 0 Å². The molecule has 3 N–H and O–H groups in total. The van der Waals surface area contributed by atoms with Crippen LogP contribution in [0.1, 0.15) is 5.56 Å². The van der Waals surface area contributed by atoms with Crippen LogP contribution in [0.5, 0.6) is 0 Å². The van der Waals surface area contributed by atoms with Crippen molar-refractivity contribution in [2.75, 3.05) is 19.6 Å². The minimum Gasteiger partial charge on any atom is -0.368 e. The SMILES string of the molecule is NC(=O)C1CNCCN1Cc1cccc([N+](=O)[O-])c1. The maximum atomic E-state index is 11.4. The molecule has 19 heavy (non-hydrogen) atoms. The molecule has 0 aliphatic carbocycles. The van der Waals surface area contributed by atoms with Gasteiger partial charge in [0.25, 0.3) is 5.69 Å². The Hall–Kier alpha value is -1.99. The van der Waals surface area contributed by atoms with E-state index in [2.05, 4.69) is 5.32 Å². The summed E-state index contributed by atoms with van der Waals surface area (Å²) in [6.07, 6.45) is 0. The lowest BCUT2D eigenvalue weighted by Crippen LogP contribution is -2.56. The fourth-order valence-corrected chi connectivity index (χ4v) is 2.22. The molecule has 102 valence electrons. The first-order valence-corrected chi connectivity index (χ1v) is 6.05. The predicted octanol–water partition coefficient (Wildman–Crippen LogP) is -0.146. The molecule has 1 aliphatic heterocycles. The van der Waals surface area contributed by atoms with E-state index >= 15 is 0 Å². The normalized spacial score (nSPS) is 20.1. The van der Waals surface area contributed by atoms with Crippen molar-refractivity contribution >= 4 is 11.6 Å². The lowest BCUT2D eigenvalue weighted by molar-refractivity contribution is -0.384. The molecule has 1 aromatic carbocycles. The van der Waals surface area contributed by atoms with Crippen LogP contribution in [-0.2, 0) is 11.3 Å². The third-order valence-corrected chi connectivity index (χ3v) is 3.19. The van der Waals surface area contributed by atoms with Gasteiger partial charge in [-0.15, -0.1) is 0 Å². The zero-order valence-corrected chi connectivity index (χ0v) is 10.4. The predicted molar refractivity (Wildman–Crippen MR) is 69.4 cm³/mol. The highest BCUT2D eigenvalue weighted by Gasteiger charge is 2.26. The molecule has 0 radical (unpaired) electrons. The molecule has 0 bridgehead atoms. The van der Waals surface area contributed by atoms with Crippen LogP contribution in [0.15, 0.2) is 24.3 Å². The summed E-state index contributed by atoms with van der Waals surface area (Å²) in [6, 6.07) is 6.07. The van der Waals surface area contributed by atoms with Crippen molar-refractivity contribution in [1.29, 1.82) is 0 Å². The Kier molecular flexibility index (Phi) is 4.08. The highest BCUT2D eigenvalue weighted by atomic mass is 16.6. The molecule has 0 aromatic heterocycles. The Bertz CT molecular complexity index is 492. The van der Waals surface area contributed by atoms with Gasteiger partial charge in [0.05, 0.1) is 4.92 Å². The number of carbonyl (C=O) groups is 1. The molecule has 1 atom stereocenters. The van der Waals surface area contributed by atoms with Crippen molar-refractivity contribution in [3.05, 3.63) is 39.9 Å². The highest BCUT2D eigenvalue weighted by molar-refractivity contribution is 5.80. The first-order chi connectivity index (χ1) is 9.08. The lowest BCUT2D eigenvalue weighted by atomic mass is 10.1. The topological polar surface area (TPSA) is 102 Å². The minimum atomic E-state index is -0.424. The number of rotatable bonds is 4. The van der Waals surface area contributed by atoms with Gasteiger partial charge in [-0.05, 0) is 5.56 Å². The second-order valence-corrected chi connectivity index (χ2v) is 4.52. The fraction of sp³-hybridized carbons (Fsp3) is 0.417. The van der Waals surface area contributed by atoms with E-state index < -0.39 is 4.92 Å². The van der Waals surface area contributed by atoms with Crippen LogP contribution < -0.4 is 11.1 Å². The molecule has 0 saturated carbocycles. The average molecular weight is 264 g/mol. The van der Waals surface area contributed by atoms with Gasteiger partial charge in [-0.2, -0.15) is 0 Å². The maximum Gasteiger partial charge on any atom is 0.269 e. The number of piperazine rings is 1. The number of nitro groups is 1. The number of primary amides is 1. The lowest BCUT2D eigenvalue weighted by Gasteiger charge is -2.34. The van der Waals surface area contributed by atoms with Gasteiger partial charge in [0.2, 0.25) is 5.91 Å². The van der Waals surface area contributed by atoms with E-state index in [0.29, 0.717) is 19.6 Å². The van der Waals surface area contributed by atoms with Gasteiger partial charge in [0, 0.05) is 38.3 Å². The minimum absolute atomic E-state index is 0.0586. The summed E-state index contributed by atoms with van der Waals surface area (Å²) in [5, 5.41) is 13.8. The Morgan fingerprint density at radius 1 is 1.58 bits per heavy atom. The number of non-ortho nitro benzene ring substituents is 1. The molecule has 1 amide bonds. The van der Waals surface area contributed by atoms with Crippen molar-refractivity contribution in [2.24, 2.45) is 5.73 Å². The zero-order chi connectivity index (χ0) is 13.8. The molecular weight excluding hydrogens is 248 g/mol. The van der Waals surface area contributed by atoms with Gasteiger partial charge < -0.3 is 11.1 Å². The van der Waals surface area contributed by atoms with Crippen LogP contribution in [0.3, 0.4) is 0 Å². The smallest absolute Gasteiger partial charge is 0.269 e. The number of nitrogens with zero attached hydrogens (tertiary/aromatic N) is 2. The molecule has 1 saturated heterocycles. The van der Waals surface area contributed by atoms with E-state index in [0.717, 1.165) is 12.1 Å². The summed E-state index contributed by atoms with van der Waals surface area (Å²) in [6.45, 7) is 2.47. The molecule has 1 unspecified atom stereocenters. The summed E-state index contributed by atoms with van der Waals surface area (Å²) in [5.74, 6) is -0.377. The van der Waals surface area contributed by atoms with Crippen molar-refractivity contribution in [1.82, 2.24) is 10.2 Å². The maximum absolute atomic E-state index is 11.4. The van der Waals surface area contributed by atoms with Crippen molar-refractivity contribution in [3.63, 3.8) is 0 Å². The van der Waals surface area contributed by atoms with Gasteiger partial charge in [-0.1, -0.05) is 12.1 Å². The van der Waals surface area contributed by atoms with Gasteiger partial charge in [0.15, 0.2) is 0 Å². The molecule has 1 heterocycles. The summed E-state index contributed by atoms with van der Waals surface area (Å²) >= 11 is 0. The largest absolute Gasteiger partial charge is 0.368 e. The number of nitro benzene ring substituents is 1. The zero-order valence-electron chi connectivity index (χ0n) is 10.4. The molecule has 2 rings (SSSR count). The van der Waals surface area contributed by atoms with Crippen LogP contribution in [0.2, 0.25) is 0 Å². The van der Waals surface area contributed by atoms with E-state index in [1.54, 1.807) is 6.07 Å². The Morgan fingerprint density at radius 3 is 3.05 bits per heavy atom. The van der Waals surface area contributed by atoms with Gasteiger partial charge in [0.1, 0.15) is 6.04 Å². The monoisotopic (exact) mass is 264 g/mol. The Labute approximate surface area is 110 Å². The second-order valence-electron chi connectivity index (χ2n) is 4.52. The van der Waals surface area contributed by atoms with Crippen LogP contribution >= 0.6 is 0 Å². The average Bonchev–Trinajstić information content (AvgIpc) is 2.39. The summed E-state index contributed by atoms with van der Waals surface area (Å²) < 4.78 is 0. The van der Waals surface area contributed by atoms with Gasteiger partial charge in [-0.25, -0.2) is 0 Å². The van der Waals surface area contributed by atoms with E-state index in [1.807, 2.05) is 11.0 Å². The molecule has 1 fully saturated rings. The Balaban J connectivity index is 2.12. The summed E-state index contributed by atoms with van der Waals surface area (Å²) in [7, 11) is 0. The number of nitrogens with one attached hydrogen (secondary N) is 1. The number of carbonyl (C=O) groups excluding carboxylic acids is 1. The van der Waals surface area contributed by atoms with E-state index in [4.69, 9.17) is 5.73 Å². The molecule has 1 aliphatic rings. The van der Waals surface area contributed by atoms with Crippen molar-refractivity contribution in [3.8, 4) is 0 Å². The fourth-order valence-electron chi connectivity index (χ4n) is 2.22. The third kappa shape index (κ3) is 3.27. The molecule has 7 heteroatoms. The summed E-state index contributed by atoms with van der Waals surface area (Å²) in [5.41, 5.74) is 6.23. The standard InChI is InChI=1S/C12H16N4O3/c13-12(17)11-7-14-4-5-15(11)8-9-2-1-3-10(6-9)16(18)19/h1-3,6,11,14H,4-5,7-8H2,(H2,13,17). The molecule has 7 nitrogen and oxygen atoms in total. The third-order valence-electron chi connectivity index (χ3n) is 3.19. The van der Waals surface area contributed by atoms with E-state index in [1.165, 1.54) is 12.1 Å². The van der Waals surface area contributed by atoms with Crippen LogP contribution in [0.4, 0.5) is 5.69 Å². The van der Waals surface area contributed by atoms with Gasteiger partial charge >= 0.3 is 0 Å². The molecule has 1 aromatic rings. The van der Waals surface area contributed by atoms with Crippen molar-refractivity contribution in [2.45, 2.75) is 12.6 Å². The van der Waals surface area contributed by atoms with Crippen molar-refractivity contribution < 1.29 is 9.72 Å². The first-order valence-electron chi connectivity index (χ1n) is 6.05. The quantitative estimate of drug-likeness (QED) is 0.582. The van der Waals surface area contributed by atoms with E-state index in [-0.39, 0.29) is 17.6 Å². The highest BCUT2D eigenvalue weighted by Crippen LogP contribution is 2.16. The summed E-state index contributed by atoms with van der Waals surface area (Å²) in [4.78, 5) is 23.6. The number of amides is 1. The number of benzene rings is 1. The van der Waals surface area contributed by atoms with E-state index in [9.17, 15) is 14.9 Å². The molecular formula is C12H16N4O3. The van der Waals surface area contributed by atoms with Crippen LogP contribution in [0, 0.1) is 10.1 Å². The number of hydrogen-bond donors (Lipinski definition) is 2. The first kappa shape index (κ1) is 13.4. The molecule has 0 spiro atoms. The Morgan fingerprint density at radius 2 is 2.37 bits per heavy atom. The number of hydrogen-bond acceptors (Lipinski definition) is 5. The number of nitrogens with two attached hydrogens (primary N) is 1. The van der Waals surface area contributed by atoms with Gasteiger partial charge in [-0.3, -0.25) is 19.8 Å². The second kappa shape index (κ2) is 5.77.